The summed E-state index contributed by atoms with van der Waals surface area (Å²) < 4.78 is 0. The van der Waals surface area contributed by atoms with Gasteiger partial charge in [-0.25, -0.2) is 5.01 Å². The second-order valence-electron chi connectivity index (χ2n) is 4.25. The Hall–Kier alpha value is -3.20. The highest BCUT2D eigenvalue weighted by molar-refractivity contribution is 8.04. The van der Waals surface area contributed by atoms with E-state index in [2.05, 4.69) is 25.8 Å². The zero-order valence-corrected chi connectivity index (χ0v) is 11.8. The van der Waals surface area contributed by atoms with Gasteiger partial charge in [-0.1, -0.05) is 11.8 Å². The molecule has 3 rings (SSSR count). The smallest absolute Gasteiger partial charge is 0.253 e. The summed E-state index contributed by atoms with van der Waals surface area (Å²) in [5.74, 6) is 0.432. The van der Waals surface area contributed by atoms with E-state index in [0.29, 0.717) is 27.1 Å². The number of amidine groups is 2. The van der Waals surface area contributed by atoms with Gasteiger partial charge in [0.1, 0.15) is 22.2 Å². The Labute approximate surface area is 127 Å². The van der Waals surface area contributed by atoms with Gasteiger partial charge in [-0.2, -0.15) is 10.4 Å². The Bertz CT molecular complexity index is 777. The Morgan fingerprint density at radius 1 is 1.36 bits per heavy atom. The van der Waals surface area contributed by atoms with Crippen LogP contribution in [0.2, 0.25) is 0 Å². The summed E-state index contributed by atoms with van der Waals surface area (Å²) in [5.41, 5.74) is 20.3. The number of hydrazine groups is 1. The van der Waals surface area contributed by atoms with Crippen molar-refractivity contribution in [1.29, 1.82) is 5.26 Å². The van der Waals surface area contributed by atoms with Crippen LogP contribution in [0.5, 0.6) is 0 Å². The van der Waals surface area contributed by atoms with Gasteiger partial charge in [-0.15, -0.1) is 10.2 Å². The van der Waals surface area contributed by atoms with Crippen LogP contribution in [0.4, 0.5) is 11.6 Å². The average Bonchev–Trinajstić information content (AvgIpc) is 3.09. The highest BCUT2D eigenvalue weighted by Gasteiger charge is 2.36. The van der Waals surface area contributed by atoms with Gasteiger partial charge in [-0.05, 0) is 0 Å². The van der Waals surface area contributed by atoms with Crippen LogP contribution in [0.25, 0.3) is 0 Å². The molecule has 0 aromatic carbocycles. The number of carbonyl (C=O) groups is 1. The van der Waals surface area contributed by atoms with E-state index in [1.165, 1.54) is 16.8 Å². The third kappa shape index (κ3) is 2.00. The molecule has 0 bridgehead atoms. The molecule has 2 aliphatic heterocycles. The van der Waals surface area contributed by atoms with E-state index in [-0.39, 0.29) is 18.1 Å². The van der Waals surface area contributed by atoms with Crippen molar-refractivity contribution in [2.45, 2.75) is 11.3 Å². The van der Waals surface area contributed by atoms with E-state index in [4.69, 9.17) is 22.5 Å². The molecule has 0 spiro atoms. The maximum absolute atomic E-state index is 11.7. The number of aromatic nitrogens is 2. The Morgan fingerprint density at radius 3 is 2.68 bits per heavy atom. The van der Waals surface area contributed by atoms with Crippen molar-refractivity contribution in [1.82, 2.24) is 15.6 Å². The number of hydrogen-bond acceptors (Lipinski definition) is 10. The molecule has 8 N–H and O–H groups in total. The number of thioether (sulfide) groups is 1. The number of nitrogen functional groups attached to an aromatic ring is 1. The van der Waals surface area contributed by atoms with Gasteiger partial charge in [0.15, 0.2) is 17.5 Å². The summed E-state index contributed by atoms with van der Waals surface area (Å²) in [7, 11) is 0. The lowest BCUT2D eigenvalue weighted by atomic mass is 10.2. The molecule has 1 aromatic rings. The van der Waals surface area contributed by atoms with Crippen LogP contribution < -0.4 is 27.6 Å². The highest BCUT2D eigenvalue weighted by Crippen LogP contribution is 2.48. The molecule has 0 atom stereocenters. The molecule has 12 heteroatoms. The minimum Gasteiger partial charge on any atom is -0.383 e. The van der Waals surface area contributed by atoms with Crippen LogP contribution >= 0.6 is 11.8 Å². The van der Waals surface area contributed by atoms with Gasteiger partial charge >= 0.3 is 0 Å². The number of amides is 1. The molecule has 3 heterocycles. The number of aromatic amines is 1. The minimum atomic E-state index is -0.514. The molecular weight excluding hydrogens is 308 g/mol. The predicted molar refractivity (Wildman–Crippen MR) is 80.0 cm³/mol. The number of nitriles is 1. The second kappa shape index (κ2) is 4.97. The zero-order valence-electron chi connectivity index (χ0n) is 11.0. The summed E-state index contributed by atoms with van der Waals surface area (Å²) in [5, 5.41) is 24.5. The first-order valence-electron chi connectivity index (χ1n) is 5.92. The lowest BCUT2D eigenvalue weighted by Gasteiger charge is -2.20. The molecular formula is C10H10N10OS. The molecule has 1 amide bonds. The molecule has 0 saturated heterocycles. The first kappa shape index (κ1) is 13.8. The van der Waals surface area contributed by atoms with E-state index in [0.717, 1.165) is 0 Å². The van der Waals surface area contributed by atoms with Crippen LogP contribution in [0.3, 0.4) is 0 Å². The number of fused-ring (bicyclic) bond motifs is 1. The minimum absolute atomic E-state index is 0.118. The predicted octanol–water partition coefficient (Wildman–Crippen LogP) is -1.30. The monoisotopic (exact) mass is 318 g/mol. The maximum Gasteiger partial charge on any atom is 0.253 e. The highest BCUT2D eigenvalue weighted by atomic mass is 32.2. The van der Waals surface area contributed by atoms with Crippen molar-refractivity contribution in [2.24, 2.45) is 21.7 Å². The zero-order chi connectivity index (χ0) is 15.9. The van der Waals surface area contributed by atoms with Crippen molar-refractivity contribution < 1.29 is 4.79 Å². The van der Waals surface area contributed by atoms with Crippen molar-refractivity contribution >= 4 is 41.0 Å². The molecule has 1 aromatic heterocycles. The number of nitrogens with zero attached hydrogens (tertiary/aromatic N) is 5. The van der Waals surface area contributed by atoms with E-state index in [1.54, 1.807) is 6.07 Å². The molecule has 2 aliphatic rings. The van der Waals surface area contributed by atoms with E-state index >= 15 is 0 Å². The number of anilines is 2. The SMILES string of the molecule is N#CCC(=O)NN1C(=C2C(N)=NN=C2N)Sc2c1n[nH]c2N. The van der Waals surface area contributed by atoms with Gasteiger partial charge in [0, 0.05) is 0 Å². The maximum atomic E-state index is 11.7. The van der Waals surface area contributed by atoms with Gasteiger partial charge < -0.3 is 17.2 Å². The molecule has 0 aliphatic carbocycles. The Balaban J connectivity index is 2.06. The summed E-state index contributed by atoms with van der Waals surface area (Å²) in [6.45, 7) is 0. The number of nitrogens with one attached hydrogen (secondary N) is 2. The number of carbonyl (C=O) groups excluding carboxylic acids is 1. The van der Waals surface area contributed by atoms with Crippen LogP contribution in [0.1, 0.15) is 6.42 Å². The first-order chi connectivity index (χ1) is 10.5. The quantitative estimate of drug-likeness (QED) is 0.445. The molecule has 0 fully saturated rings. The summed E-state index contributed by atoms with van der Waals surface area (Å²) >= 11 is 1.21. The van der Waals surface area contributed by atoms with Crippen LogP contribution in [0, 0.1) is 11.3 Å². The fraction of sp³-hybridized carbons (Fsp3) is 0.100. The Kier molecular flexibility index (Phi) is 3.11. The number of hydrogen-bond donors (Lipinski definition) is 5. The number of nitrogens with two attached hydrogens (primary N) is 3. The molecule has 0 saturated carbocycles. The van der Waals surface area contributed by atoms with E-state index in [1.807, 2.05) is 0 Å². The third-order valence-corrected chi connectivity index (χ3v) is 4.00. The summed E-state index contributed by atoms with van der Waals surface area (Å²) in [4.78, 5) is 12.3. The lowest BCUT2D eigenvalue weighted by Crippen LogP contribution is -2.41. The number of H-pyrrole nitrogens is 1. The number of rotatable bonds is 2. The van der Waals surface area contributed by atoms with E-state index in [9.17, 15) is 4.79 Å². The topological polar surface area (TPSA) is 188 Å². The van der Waals surface area contributed by atoms with Gasteiger partial charge in [0.25, 0.3) is 5.91 Å². The summed E-state index contributed by atoms with van der Waals surface area (Å²) in [6.07, 6.45) is -0.313. The van der Waals surface area contributed by atoms with Crippen molar-refractivity contribution in [3.8, 4) is 6.07 Å². The van der Waals surface area contributed by atoms with Crippen LogP contribution in [-0.2, 0) is 4.79 Å². The molecule has 112 valence electrons. The average molecular weight is 318 g/mol. The third-order valence-electron chi connectivity index (χ3n) is 2.81. The van der Waals surface area contributed by atoms with Gasteiger partial charge in [0.05, 0.1) is 11.6 Å². The molecule has 0 radical (unpaired) electrons. The standard InChI is InChI=1S/C10H10N10OS/c11-2-1-3(21)19-20-9-5(8(14)17-18-9)22-10(20)4-6(12)15-16-7(4)13/h1H2,(H2,12,15)(H2,13,16)(H,19,21)(H3,14,17,18). The first-order valence-corrected chi connectivity index (χ1v) is 6.74. The summed E-state index contributed by atoms with van der Waals surface area (Å²) in [6, 6.07) is 1.76. The fourth-order valence-electron chi connectivity index (χ4n) is 1.89. The van der Waals surface area contributed by atoms with Gasteiger partial charge in [-0.3, -0.25) is 15.3 Å². The van der Waals surface area contributed by atoms with Crippen molar-refractivity contribution in [3.63, 3.8) is 0 Å². The lowest BCUT2D eigenvalue weighted by molar-refractivity contribution is -0.120. The van der Waals surface area contributed by atoms with Crippen LogP contribution in [-0.4, -0.2) is 27.8 Å². The fourth-order valence-corrected chi connectivity index (χ4v) is 3.00. The van der Waals surface area contributed by atoms with Crippen molar-refractivity contribution in [3.05, 3.63) is 10.6 Å². The van der Waals surface area contributed by atoms with E-state index < -0.39 is 5.91 Å². The van der Waals surface area contributed by atoms with Crippen LogP contribution in [0.15, 0.2) is 25.7 Å². The Morgan fingerprint density at radius 2 is 2.05 bits per heavy atom. The second-order valence-corrected chi connectivity index (χ2v) is 5.25. The normalized spacial score (nSPS) is 16.2. The molecule has 22 heavy (non-hydrogen) atoms. The molecule has 0 unspecified atom stereocenters. The largest absolute Gasteiger partial charge is 0.383 e. The molecule has 11 nitrogen and oxygen atoms in total. The van der Waals surface area contributed by atoms with Crippen molar-refractivity contribution in [2.75, 3.05) is 10.7 Å². The van der Waals surface area contributed by atoms with Gasteiger partial charge in [0.2, 0.25) is 0 Å².